The first-order valence-corrected chi connectivity index (χ1v) is 9.88. The number of ether oxygens (including phenoxy) is 1. The maximum absolute atomic E-state index is 12.7. The number of methoxy groups -OCH3 is 1. The monoisotopic (exact) mass is 412 g/mol. The van der Waals surface area contributed by atoms with Crippen LogP contribution >= 0.6 is 0 Å². The van der Waals surface area contributed by atoms with E-state index in [4.69, 9.17) is 9.15 Å². The number of amides is 4. The molecule has 0 unspecified atom stereocenters. The number of furan rings is 1. The molecule has 158 valence electrons. The number of piperazine rings is 1. The highest BCUT2D eigenvalue weighted by Gasteiger charge is 2.33. The fourth-order valence-electron chi connectivity index (χ4n) is 3.77. The quantitative estimate of drug-likeness (QED) is 0.822. The Hall–Kier alpha value is -3.49. The van der Waals surface area contributed by atoms with Crippen LogP contribution in [0.15, 0.2) is 47.1 Å². The van der Waals surface area contributed by atoms with Crippen molar-refractivity contribution in [2.45, 2.75) is 12.5 Å². The number of hydrogen-bond acceptors (Lipinski definition) is 5. The van der Waals surface area contributed by atoms with Crippen LogP contribution in [0.2, 0.25) is 0 Å². The van der Waals surface area contributed by atoms with Crippen molar-refractivity contribution in [3.63, 3.8) is 0 Å². The van der Waals surface area contributed by atoms with Gasteiger partial charge in [-0.2, -0.15) is 0 Å². The largest absolute Gasteiger partial charge is 0.497 e. The summed E-state index contributed by atoms with van der Waals surface area (Å²) in [5, 5.41) is 2.95. The molecule has 1 atom stereocenters. The second-order valence-corrected chi connectivity index (χ2v) is 7.31. The Morgan fingerprint density at radius 3 is 2.57 bits per heavy atom. The third kappa shape index (κ3) is 4.10. The lowest BCUT2D eigenvalue weighted by atomic mass is 10.2. The van der Waals surface area contributed by atoms with Crippen LogP contribution in [0, 0.1) is 0 Å². The zero-order valence-corrected chi connectivity index (χ0v) is 16.7. The van der Waals surface area contributed by atoms with Crippen LogP contribution in [-0.2, 0) is 4.79 Å². The van der Waals surface area contributed by atoms with E-state index in [9.17, 15) is 14.4 Å². The van der Waals surface area contributed by atoms with Crippen molar-refractivity contribution >= 4 is 23.5 Å². The van der Waals surface area contributed by atoms with Crippen LogP contribution < -0.4 is 15.0 Å². The van der Waals surface area contributed by atoms with Crippen LogP contribution in [0.5, 0.6) is 5.75 Å². The van der Waals surface area contributed by atoms with Crippen LogP contribution in [0.4, 0.5) is 10.5 Å². The van der Waals surface area contributed by atoms with E-state index in [1.165, 1.54) is 6.26 Å². The van der Waals surface area contributed by atoms with E-state index in [2.05, 4.69) is 5.32 Å². The lowest BCUT2D eigenvalue weighted by Crippen LogP contribution is -2.54. The van der Waals surface area contributed by atoms with E-state index in [0.717, 1.165) is 5.69 Å². The highest BCUT2D eigenvalue weighted by atomic mass is 16.5. The molecule has 9 nitrogen and oxygen atoms in total. The third-order valence-corrected chi connectivity index (χ3v) is 5.40. The van der Waals surface area contributed by atoms with Gasteiger partial charge in [-0.3, -0.25) is 9.59 Å². The zero-order chi connectivity index (χ0) is 21.1. The predicted molar refractivity (Wildman–Crippen MR) is 108 cm³/mol. The number of carbonyl (C=O) groups is 3. The lowest BCUT2D eigenvalue weighted by Gasteiger charge is -2.34. The number of urea groups is 1. The number of carbonyl (C=O) groups excluding carboxylic acids is 3. The summed E-state index contributed by atoms with van der Waals surface area (Å²) in [6, 6.07) is 10.1. The summed E-state index contributed by atoms with van der Waals surface area (Å²) >= 11 is 0. The lowest BCUT2D eigenvalue weighted by molar-refractivity contribution is -0.117. The van der Waals surface area contributed by atoms with Gasteiger partial charge in [-0.15, -0.1) is 0 Å². The molecule has 0 bridgehead atoms. The number of nitrogens with one attached hydrogen (secondary N) is 1. The molecule has 2 aromatic rings. The van der Waals surface area contributed by atoms with Crippen molar-refractivity contribution in [3.8, 4) is 5.75 Å². The SMILES string of the molecule is COc1cccc(N2C[C@H](NC(=O)N3CCN(C(=O)c4ccco4)CC3)CC2=O)c1. The van der Waals surface area contributed by atoms with Gasteiger partial charge in [0.2, 0.25) is 5.91 Å². The van der Waals surface area contributed by atoms with Crippen molar-refractivity contribution in [2.75, 3.05) is 44.7 Å². The van der Waals surface area contributed by atoms with Gasteiger partial charge in [0.05, 0.1) is 19.4 Å². The van der Waals surface area contributed by atoms with Gasteiger partial charge in [-0.25, -0.2) is 4.79 Å². The first-order chi connectivity index (χ1) is 14.5. The molecule has 30 heavy (non-hydrogen) atoms. The van der Waals surface area contributed by atoms with Gasteiger partial charge in [-0.05, 0) is 24.3 Å². The summed E-state index contributed by atoms with van der Waals surface area (Å²) in [4.78, 5) is 42.4. The van der Waals surface area contributed by atoms with Crippen LogP contribution in [0.3, 0.4) is 0 Å². The summed E-state index contributed by atoms with van der Waals surface area (Å²) < 4.78 is 10.4. The summed E-state index contributed by atoms with van der Waals surface area (Å²) in [6.45, 7) is 2.14. The van der Waals surface area contributed by atoms with Gasteiger partial charge in [0, 0.05) is 50.9 Å². The van der Waals surface area contributed by atoms with Gasteiger partial charge in [0.15, 0.2) is 5.76 Å². The van der Waals surface area contributed by atoms with E-state index >= 15 is 0 Å². The van der Waals surface area contributed by atoms with Crippen LogP contribution in [-0.4, -0.2) is 73.5 Å². The Balaban J connectivity index is 1.29. The summed E-state index contributed by atoms with van der Waals surface area (Å²) in [5.74, 6) is 0.766. The minimum absolute atomic E-state index is 0.0394. The summed E-state index contributed by atoms with van der Waals surface area (Å²) in [7, 11) is 1.58. The fraction of sp³-hybridized carbons (Fsp3) is 0.381. The molecular weight excluding hydrogens is 388 g/mol. The van der Waals surface area contributed by atoms with E-state index in [0.29, 0.717) is 44.2 Å². The molecule has 0 radical (unpaired) electrons. The molecule has 2 saturated heterocycles. The standard InChI is InChI=1S/C21H24N4O5/c1-29-17-5-2-4-16(13-17)25-14-15(12-19(25)26)22-21(28)24-9-7-23(8-10-24)20(27)18-6-3-11-30-18/h2-6,11,13,15H,7-10,12,14H2,1H3,(H,22,28)/t15-/m1/s1. The molecule has 2 fully saturated rings. The zero-order valence-electron chi connectivity index (χ0n) is 16.7. The number of benzene rings is 1. The maximum Gasteiger partial charge on any atom is 0.317 e. The van der Waals surface area contributed by atoms with E-state index < -0.39 is 0 Å². The minimum atomic E-state index is -0.265. The first kappa shape index (κ1) is 19.8. The highest BCUT2D eigenvalue weighted by Crippen LogP contribution is 2.25. The fourth-order valence-corrected chi connectivity index (χ4v) is 3.77. The van der Waals surface area contributed by atoms with Crippen molar-refractivity contribution in [3.05, 3.63) is 48.4 Å². The highest BCUT2D eigenvalue weighted by molar-refractivity contribution is 5.97. The van der Waals surface area contributed by atoms with E-state index in [1.807, 2.05) is 18.2 Å². The molecule has 1 N–H and O–H groups in total. The number of hydrogen-bond donors (Lipinski definition) is 1. The van der Waals surface area contributed by atoms with Crippen molar-refractivity contribution in [1.82, 2.24) is 15.1 Å². The number of rotatable bonds is 4. The molecule has 0 aliphatic carbocycles. The van der Waals surface area contributed by atoms with Crippen LogP contribution in [0.25, 0.3) is 0 Å². The maximum atomic E-state index is 12.7. The predicted octanol–water partition coefficient (Wildman–Crippen LogP) is 1.56. The second-order valence-electron chi connectivity index (χ2n) is 7.31. The topological polar surface area (TPSA) is 95.3 Å². The Bertz CT molecular complexity index is 921. The van der Waals surface area contributed by atoms with Crippen molar-refractivity contribution in [1.29, 1.82) is 0 Å². The van der Waals surface area contributed by atoms with Crippen LogP contribution in [0.1, 0.15) is 17.0 Å². The summed E-state index contributed by atoms with van der Waals surface area (Å²) in [5.41, 5.74) is 0.751. The molecule has 4 rings (SSSR count). The average Bonchev–Trinajstić information content (AvgIpc) is 3.43. The van der Waals surface area contributed by atoms with Crippen molar-refractivity contribution < 1.29 is 23.5 Å². The molecular formula is C21H24N4O5. The molecule has 9 heteroatoms. The molecule has 0 spiro atoms. The first-order valence-electron chi connectivity index (χ1n) is 9.88. The van der Waals surface area contributed by atoms with Crippen molar-refractivity contribution in [2.24, 2.45) is 0 Å². The van der Waals surface area contributed by atoms with Gasteiger partial charge in [0.25, 0.3) is 5.91 Å². The Morgan fingerprint density at radius 1 is 1.10 bits per heavy atom. The van der Waals surface area contributed by atoms with E-state index in [1.54, 1.807) is 40.0 Å². The molecule has 1 aromatic carbocycles. The van der Waals surface area contributed by atoms with Gasteiger partial charge in [-0.1, -0.05) is 6.07 Å². The van der Waals surface area contributed by atoms with Gasteiger partial charge >= 0.3 is 6.03 Å². The average molecular weight is 412 g/mol. The minimum Gasteiger partial charge on any atom is -0.497 e. The second kappa shape index (κ2) is 8.48. The number of nitrogens with zero attached hydrogens (tertiary/aromatic N) is 3. The summed E-state index contributed by atoms with van der Waals surface area (Å²) in [6.07, 6.45) is 1.72. The molecule has 3 heterocycles. The molecule has 1 aromatic heterocycles. The molecule has 4 amide bonds. The Morgan fingerprint density at radius 2 is 1.87 bits per heavy atom. The molecule has 0 saturated carbocycles. The molecule has 2 aliphatic rings. The smallest absolute Gasteiger partial charge is 0.317 e. The molecule has 2 aliphatic heterocycles. The van der Waals surface area contributed by atoms with Gasteiger partial charge in [0.1, 0.15) is 5.75 Å². The normalized spacial score (nSPS) is 19.2. The third-order valence-electron chi connectivity index (χ3n) is 5.40. The number of anilines is 1. The Labute approximate surface area is 174 Å². The van der Waals surface area contributed by atoms with E-state index in [-0.39, 0.29) is 30.3 Å². The van der Waals surface area contributed by atoms with Gasteiger partial charge < -0.3 is 29.2 Å². The Kier molecular flexibility index (Phi) is 5.60.